The molecule has 0 saturated carbocycles. The Labute approximate surface area is 138 Å². The van der Waals surface area contributed by atoms with Crippen molar-refractivity contribution < 1.29 is 4.79 Å². The number of amides is 1. The van der Waals surface area contributed by atoms with Gasteiger partial charge in [-0.1, -0.05) is 17.3 Å². The van der Waals surface area contributed by atoms with Crippen LogP contribution in [0.4, 0.5) is 0 Å². The standard InChI is InChI=1S/C17H16N6O/c24-17(9-22-16-4-2-1-3-13(16)20-21-22)23-11-5-6-15(23)12-8-18-10-19-14(12)7-11/h1-4,8,10-11,15H,5-7,9H2. The second-order valence-electron chi connectivity index (χ2n) is 6.41. The van der Waals surface area contributed by atoms with Gasteiger partial charge in [0.05, 0.1) is 17.3 Å². The van der Waals surface area contributed by atoms with Gasteiger partial charge >= 0.3 is 0 Å². The van der Waals surface area contributed by atoms with E-state index >= 15 is 0 Å². The highest BCUT2D eigenvalue weighted by molar-refractivity contribution is 5.81. The molecule has 5 rings (SSSR count). The zero-order valence-corrected chi connectivity index (χ0v) is 13.0. The van der Waals surface area contributed by atoms with Crippen molar-refractivity contribution in [1.29, 1.82) is 0 Å². The number of carbonyl (C=O) groups is 1. The molecule has 1 fully saturated rings. The minimum absolute atomic E-state index is 0.0904. The minimum Gasteiger partial charge on any atom is -0.331 e. The van der Waals surface area contributed by atoms with Gasteiger partial charge in [0.15, 0.2) is 0 Å². The Bertz CT molecular complexity index is 935. The average molecular weight is 320 g/mol. The highest BCUT2D eigenvalue weighted by Crippen LogP contribution is 2.42. The summed E-state index contributed by atoms with van der Waals surface area (Å²) < 4.78 is 1.69. The molecule has 1 aromatic carbocycles. The van der Waals surface area contributed by atoms with Crippen LogP contribution < -0.4 is 0 Å². The number of hydrogen-bond acceptors (Lipinski definition) is 5. The SMILES string of the molecule is O=C(Cn1nnc2ccccc21)N1C2CCC1c1cncnc1C2. The summed E-state index contributed by atoms with van der Waals surface area (Å²) in [6.07, 6.45) is 6.27. The molecule has 2 aromatic heterocycles. The Hall–Kier alpha value is -2.83. The number of nitrogens with zero attached hydrogens (tertiary/aromatic N) is 6. The van der Waals surface area contributed by atoms with E-state index in [2.05, 4.69) is 20.3 Å². The molecule has 1 saturated heterocycles. The van der Waals surface area contributed by atoms with Crippen LogP contribution in [0.2, 0.25) is 0 Å². The molecule has 0 N–H and O–H groups in total. The molecule has 2 unspecified atom stereocenters. The largest absolute Gasteiger partial charge is 0.331 e. The van der Waals surface area contributed by atoms with E-state index in [0.717, 1.165) is 41.6 Å². The van der Waals surface area contributed by atoms with Gasteiger partial charge in [0.1, 0.15) is 18.4 Å². The van der Waals surface area contributed by atoms with Crippen molar-refractivity contribution in [3.8, 4) is 0 Å². The van der Waals surface area contributed by atoms with Crippen LogP contribution in [0.15, 0.2) is 36.8 Å². The van der Waals surface area contributed by atoms with Gasteiger partial charge in [-0.05, 0) is 25.0 Å². The second-order valence-corrected chi connectivity index (χ2v) is 6.41. The molecule has 0 radical (unpaired) electrons. The fourth-order valence-electron chi connectivity index (χ4n) is 4.05. The van der Waals surface area contributed by atoms with Crippen LogP contribution in [-0.4, -0.2) is 41.8 Å². The molecule has 2 bridgehead atoms. The predicted molar refractivity (Wildman–Crippen MR) is 85.9 cm³/mol. The zero-order valence-electron chi connectivity index (χ0n) is 13.0. The fourth-order valence-corrected chi connectivity index (χ4v) is 4.05. The van der Waals surface area contributed by atoms with Crippen molar-refractivity contribution >= 4 is 16.9 Å². The van der Waals surface area contributed by atoms with E-state index in [1.807, 2.05) is 35.4 Å². The molecule has 0 aliphatic carbocycles. The van der Waals surface area contributed by atoms with Crippen LogP contribution in [0.25, 0.3) is 11.0 Å². The van der Waals surface area contributed by atoms with Crippen LogP contribution in [0.3, 0.4) is 0 Å². The van der Waals surface area contributed by atoms with Gasteiger partial charge in [0.2, 0.25) is 5.91 Å². The van der Waals surface area contributed by atoms with E-state index in [0.29, 0.717) is 0 Å². The monoisotopic (exact) mass is 320 g/mol. The number of aromatic nitrogens is 5. The first-order chi connectivity index (χ1) is 11.8. The molecular formula is C17H16N6O. The van der Waals surface area contributed by atoms with Crippen LogP contribution in [0.1, 0.15) is 30.1 Å². The summed E-state index contributed by atoms with van der Waals surface area (Å²) in [5, 5.41) is 8.27. The molecule has 2 aliphatic heterocycles. The number of fused-ring (bicyclic) bond motifs is 5. The lowest BCUT2D eigenvalue weighted by Crippen LogP contribution is -2.43. The van der Waals surface area contributed by atoms with Gasteiger partial charge in [0.25, 0.3) is 0 Å². The predicted octanol–water partition coefficient (Wildman–Crippen LogP) is 1.51. The van der Waals surface area contributed by atoms with Crippen molar-refractivity contribution in [3.05, 3.63) is 48.0 Å². The summed E-state index contributed by atoms with van der Waals surface area (Å²) in [5.74, 6) is 0.0904. The molecule has 2 aliphatic rings. The molecule has 0 spiro atoms. The van der Waals surface area contributed by atoms with E-state index in [4.69, 9.17) is 0 Å². The van der Waals surface area contributed by atoms with Crippen molar-refractivity contribution in [2.24, 2.45) is 0 Å². The topological polar surface area (TPSA) is 76.8 Å². The van der Waals surface area contributed by atoms with Crippen LogP contribution in [0.5, 0.6) is 0 Å². The van der Waals surface area contributed by atoms with Crippen LogP contribution in [-0.2, 0) is 17.8 Å². The van der Waals surface area contributed by atoms with Crippen LogP contribution >= 0.6 is 0 Å². The molecule has 3 aromatic rings. The van der Waals surface area contributed by atoms with Gasteiger partial charge in [0, 0.05) is 24.2 Å². The maximum absolute atomic E-state index is 13.0. The first-order valence-corrected chi connectivity index (χ1v) is 8.19. The third kappa shape index (κ3) is 1.94. The fraction of sp³-hybridized carbons (Fsp3) is 0.353. The van der Waals surface area contributed by atoms with E-state index in [-0.39, 0.29) is 24.5 Å². The van der Waals surface area contributed by atoms with E-state index in [9.17, 15) is 4.79 Å². The summed E-state index contributed by atoms with van der Waals surface area (Å²) in [4.78, 5) is 23.5. The van der Waals surface area contributed by atoms with Crippen molar-refractivity contribution in [2.45, 2.75) is 37.9 Å². The summed E-state index contributed by atoms with van der Waals surface area (Å²) in [7, 11) is 0. The minimum atomic E-state index is 0.0904. The zero-order chi connectivity index (χ0) is 16.1. The summed E-state index contributed by atoms with van der Waals surface area (Å²) in [5.41, 5.74) is 3.89. The molecule has 7 heteroatoms. The Kier molecular flexibility index (Phi) is 2.88. The molecular weight excluding hydrogens is 304 g/mol. The molecule has 120 valence electrons. The first kappa shape index (κ1) is 13.6. The Morgan fingerprint density at radius 2 is 2.17 bits per heavy atom. The van der Waals surface area contributed by atoms with E-state index < -0.39 is 0 Å². The van der Waals surface area contributed by atoms with Gasteiger partial charge < -0.3 is 4.90 Å². The second kappa shape index (κ2) is 5.09. The number of para-hydroxylation sites is 1. The summed E-state index contributed by atoms with van der Waals surface area (Å²) in [6.45, 7) is 0.219. The van der Waals surface area contributed by atoms with Crippen molar-refractivity contribution in [1.82, 2.24) is 29.9 Å². The number of rotatable bonds is 2. The number of hydrogen-bond donors (Lipinski definition) is 0. The van der Waals surface area contributed by atoms with Crippen molar-refractivity contribution in [3.63, 3.8) is 0 Å². The quantitative estimate of drug-likeness (QED) is 0.715. The highest BCUT2D eigenvalue weighted by atomic mass is 16.2. The van der Waals surface area contributed by atoms with Gasteiger partial charge in [-0.25, -0.2) is 14.6 Å². The van der Waals surface area contributed by atoms with Gasteiger partial charge in [-0.15, -0.1) is 5.10 Å². The molecule has 1 amide bonds. The van der Waals surface area contributed by atoms with Crippen molar-refractivity contribution in [2.75, 3.05) is 0 Å². The first-order valence-electron chi connectivity index (χ1n) is 8.19. The molecule has 24 heavy (non-hydrogen) atoms. The van der Waals surface area contributed by atoms with Gasteiger partial charge in [-0.3, -0.25) is 4.79 Å². The van der Waals surface area contributed by atoms with Crippen LogP contribution in [0, 0.1) is 0 Å². The van der Waals surface area contributed by atoms with Gasteiger partial charge in [-0.2, -0.15) is 0 Å². The Balaban J connectivity index is 1.46. The summed E-state index contributed by atoms with van der Waals surface area (Å²) >= 11 is 0. The lowest BCUT2D eigenvalue weighted by molar-refractivity contribution is -0.135. The smallest absolute Gasteiger partial charge is 0.245 e. The number of benzene rings is 1. The Morgan fingerprint density at radius 3 is 3.12 bits per heavy atom. The van der Waals surface area contributed by atoms with E-state index in [1.54, 1.807) is 11.0 Å². The normalized spacial score (nSPS) is 21.9. The third-order valence-corrected chi connectivity index (χ3v) is 5.11. The average Bonchev–Trinajstić information content (AvgIpc) is 3.16. The maximum atomic E-state index is 13.0. The lowest BCUT2D eigenvalue weighted by Gasteiger charge is -2.35. The number of carbonyl (C=O) groups excluding carboxylic acids is 1. The van der Waals surface area contributed by atoms with E-state index in [1.165, 1.54) is 0 Å². The summed E-state index contributed by atoms with van der Waals surface area (Å²) in [6, 6.07) is 8.04. The lowest BCUT2D eigenvalue weighted by atomic mass is 9.99. The molecule has 4 heterocycles. The highest BCUT2D eigenvalue weighted by Gasteiger charge is 2.43. The maximum Gasteiger partial charge on any atom is 0.245 e. The molecule has 2 atom stereocenters. The molecule has 7 nitrogen and oxygen atoms in total. The Morgan fingerprint density at radius 1 is 1.25 bits per heavy atom. The third-order valence-electron chi connectivity index (χ3n) is 5.11.